The van der Waals surface area contributed by atoms with E-state index in [2.05, 4.69) is 0 Å². The zero-order valence-electron chi connectivity index (χ0n) is 9.50. The summed E-state index contributed by atoms with van der Waals surface area (Å²) in [5, 5.41) is 0.368. The molecule has 0 bridgehead atoms. The Morgan fingerprint density at radius 2 is 1.78 bits per heavy atom. The first kappa shape index (κ1) is 13.2. The van der Waals surface area contributed by atoms with Crippen molar-refractivity contribution in [2.24, 2.45) is 0 Å². The first-order chi connectivity index (χ1) is 8.69. The summed E-state index contributed by atoms with van der Waals surface area (Å²) in [7, 11) is 0. The van der Waals surface area contributed by atoms with Crippen molar-refractivity contribution in [3.05, 3.63) is 64.4 Å². The number of hydrogen-bond acceptors (Lipinski definition) is 1. The highest BCUT2D eigenvalue weighted by atomic mass is 35.5. The van der Waals surface area contributed by atoms with Gasteiger partial charge in [0.1, 0.15) is 18.2 Å². The Morgan fingerprint density at radius 3 is 2.39 bits per heavy atom. The highest BCUT2D eigenvalue weighted by Crippen LogP contribution is 2.20. The van der Waals surface area contributed by atoms with Crippen molar-refractivity contribution in [1.29, 1.82) is 0 Å². The molecule has 0 spiro atoms. The van der Waals surface area contributed by atoms with Gasteiger partial charge in [-0.1, -0.05) is 29.8 Å². The van der Waals surface area contributed by atoms with Crippen LogP contribution >= 0.6 is 23.2 Å². The second kappa shape index (κ2) is 6.07. The highest BCUT2D eigenvalue weighted by Gasteiger charge is 2.03. The Kier molecular flexibility index (Phi) is 4.45. The van der Waals surface area contributed by atoms with Crippen molar-refractivity contribution in [2.75, 3.05) is 0 Å². The van der Waals surface area contributed by atoms with E-state index in [-0.39, 0.29) is 5.82 Å². The van der Waals surface area contributed by atoms with E-state index in [1.165, 1.54) is 12.1 Å². The normalized spacial score (nSPS) is 10.4. The average Bonchev–Trinajstić information content (AvgIpc) is 2.38. The summed E-state index contributed by atoms with van der Waals surface area (Å²) >= 11 is 11.6. The molecule has 0 aliphatic heterocycles. The van der Waals surface area contributed by atoms with Gasteiger partial charge >= 0.3 is 0 Å². The molecule has 0 radical (unpaired) electrons. The Balaban J connectivity index is 2.02. The molecular weight excluding hydrogens is 274 g/mol. The van der Waals surface area contributed by atoms with Crippen molar-refractivity contribution < 1.29 is 9.13 Å². The molecule has 2 rings (SSSR count). The van der Waals surface area contributed by atoms with Crippen LogP contribution in [0.2, 0.25) is 5.02 Å². The van der Waals surface area contributed by atoms with E-state index < -0.39 is 0 Å². The molecular formula is C14H11Cl2FO. The van der Waals surface area contributed by atoms with Crippen LogP contribution in [0, 0.1) is 5.82 Å². The Labute approximate surface area is 115 Å². The first-order valence-electron chi connectivity index (χ1n) is 5.40. The lowest BCUT2D eigenvalue weighted by molar-refractivity contribution is 0.306. The van der Waals surface area contributed by atoms with Crippen molar-refractivity contribution in [2.45, 2.75) is 12.5 Å². The third-order valence-electron chi connectivity index (χ3n) is 2.49. The SMILES string of the molecule is Fc1ccc(COc2ccc(CCl)cc2)c(Cl)c1. The topological polar surface area (TPSA) is 9.23 Å². The molecule has 0 N–H and O–H groups in total. The highest BCUT2D eigenvalue weighted by molar-refractivity contribution is 6.31. The molecule has 0 aliphatic carbocycles. The summed E-state index contributed by atoms with van der Waals surface area (Å²) in [6.45, 7) is 0.305. The third kappa shape index (κ3) is 3.37. The number of halogens is 3. The summed E-state index contributed by atoms with van der Waals surface area (Å²) in [6.07, 6.45) is 0. The average molecular weight is 285 g/mol. The van der Waals surface area contributed by atoms with Crippen LogP contribution in [0.25, 0.3) is 0 Å². The van der Waals surface area contributed by atoms with Gasteiger partial charge in [0.2, 0.25) is 0 Å². The molecule has 0 atom stereocenters. The summed E-state index contributed by atoms with van der Waals surface area (Å²) in [5.74, 6) is 0.851. The lowest BCUT2D eigenvalue weighted by Gasteiger charge is -2.08. The van der Waals surface area contributed by atoms with E-state index in [0.29, 0.717) is 17.5 Å². The van der Waals surface area contributed by atoms with Gasteiger partial charge in [0.05, 0.1) is 5.02 Å². The van der Waals surface area contributed by atoms with Crippen molar-refractivity contribution in [3.63, 3.8) is 0 Å². The largest absolute Gasteiger partial charge is 0.489 e. The second-order valence-electron chi connectivity index (χ2n) is 3.80. The maximum Gasteiger partial charge on any atom is 0.124 e. The Bertz CT molecular complexity index is 526. The summed E-state index contributed by atoms with van der Waals surface area (Å²) in [5.41, 5.74) is 1.78. The van der Waals surface area contributed by atoms with Gasteiger partial charge in [-0.2, -0.15) is 0 Å². The minimum absolute atomic E-state index is 0.305. The second-order valence-corrected chi connectivity index (χ2v) is 4.48. The molecule has 0 aromatic heterocycles. The molecule has 0 aliphatic rings. The van der Waals surface area contributed by atoms with Crippen LogP contribution in [0.5, 0.6) is 5.75 Å². The molecule has 18 heavy (non-hydrogen) atoms. The molecule has 4 heteroatoms. The Morgan fingerprint density at radius 1 is 1.06 bits per heavy atom. The quantitative estimate of drug-likeness (QED) is 0.733. The van der Waals surface area contributed by atoms with Gasteiger partial charge in [0, 0.05) is 11.4 Å². The number of hydrogen-bond donors (Lipinski definition) is 0. The van der Waals surface area contributed by atoms with E-state index in [9.17, 15) is 4.39 Å². The summed E-state index contributed by atoms with van der Waals surface area (Å²) < 4.78 is 18.4. The molecule has 0 heterocycles. The number of ether oxygens (including phenoxy) is 1. The van der Waals surface area contributed by atoms with E-state index in [0.717, 1.165) is 16.9 Å². The lowest BCUT2D eigenvalue weighted by atomic mass is 10.2. The van der Waals surface area contributed by atoms with E-state index in [4.69, 9.17) is 27.9 Å². The van der Waals surface area contributed by atoms with Crippen LogP contribution in [0.15, 0.2) is 42.5 Å². The monoisotopic (exact) mass is 284 g/mol. The maximum absolute atomic E-state index is 12.9. The molecule has 2 aromatic rings. The predicted octanol–water partition coefficient (Wildman–Crippen LogP) is 4.80. The van der Waals surface area contributed by atoms with Gasteiger partial charge in [0.15, 0.2) is 0 Å². The van der Waals surface area contributed by atoms with Crippen LogP contribution < -0.4 is 4.74 Å². The van der Waals surface area contributed by atoms with E-state index in [1.54, 1.807) is 6.07 Å². The van der Waals surface area contributed by atoms with Gasteiger partial charge in [-0.25, -0.2) is 4.39 Å². The van der Waals surface area contributed by atoms with Gasteiger partial charge in [-0.15, -0.1) is 11.6 Å². The van der Waals surface area contributed by atoms with Crippen LogP contribution in [-0.2, 0) is 12.5 Å². The van der Waals surface area contributed by atoms with Crippen LogP contribution in [0.4, 0.5) is 4.39 Å². The van der Waals surface area contributed by atoms with Crippen molar-refractivity contribution in [1.82, 2.24) is 0 Å². The number of benzene rings is 2. The number of alkyl halides is 1. The molecule has 94 valence electrons. The standard InChI is InChI=1S/C14H11Cl2FO/c15-8-10-1-5-13(6-2-10)18-9-11-3-4-12(17)7-14(11)16/h1-7H,8-9H2. The predicted molar refractivity (Wildman–Crippen MR) is 71.7 cm³/mol. The van der Waals surface area contributed by atoms with E-state index >= 15 is 0 Å². The van der Waals surface area contributed by atoms with E-state index in [1.807, 2.05) is 24.3 Å². The van der Waals surface area contributed by atoms with Gasteiger partial charge in [-0.3, -0.25) is 0 Å². The van der Waals surface area contributed by atoms with Gasteiger partial charge in [0.25, 0.3) is 0 Å². The van der Waals surface area contributed by atoms with Crippen molar-refractivity contribution >= 4 is 23.2 Å². The molecule has 0 saturated heterocycles. The minimum atomic E-state index is -0.352. The Hall–Kier alpha value is -1.25. The fraction of sp³-hybridized carbons (Fsp3) is 0.143. The summed E-state index contributed by atoms with van der Waals surface area (Å²) in [4.78, 5) is 0. The zero-order valence-corrected chi connectivity index (χ0v) is 11.0. The van der Waals surface area contributed by atoms with Gasteiger partial charge in [-0.05, 0) is 29.8 Å². The first-order valence-corrected chi connectivity index (χ1v) is 6.32. The summed E-state index contributed by atoms with van der Waals surface area (Å²) in [6, 6.07) is 11.7. The van der Waals surface area contributed by atoms with Crippen LogP contribution in [0.3, 0.4) is 0 Å². The number of rotatable bonds is 4. The van der Waals surface area contributed by atoms with Crippen LogP contribution in [0.1, 0.15) is 11.1 Å². The molecule has 2 aromatic carbocycles. The smallest absolute Gasteiger partial charge is 0.124 e. The third-order valence-corrected chi connectivity index (χ3v) is 3.15. The fourth-order valence-corrected chi connectivity index (χ4v) is 1.87. The van der Waals surface area contributed by atoms with Crippen LogP contribution in [-0.4, -0.2) is 0 Å². The molecule has 0 saturated carbocycles. The molecule has 0 unspecified atom stereocenters. The lowest BCUT2D eigenvalue weighted by Crippen LogP contribution is -1.96. The van der Waals surface area contributed by atoms with Crippen molar-refractivity contribution in [3.8, 4) is 5.75 Å². The molecule has 0 fully saturated rings. The molecule has 1 nitrogen and oxygen atoms in total. The fourth-order valence-electron chi connectivity index (χ4n) is 1.47. The minimum Gasteiger partial charge on any atom is -0.489 e. The maximum atomic E-state index is 12.9. The van der Waals surface area contributed by atoms with Gasteiger partial charge < -0.3 is 4.74 Å². The zero-order chi connectivity index (χ0) is 13.0. The molecule has 0 amide bonds.